The Morgan fingerprint density at radius 1 is 0.902 bits per heavy atom. The number of nitrogens with one attached hydrogen (secondary N) is 3. The first kappa shape index (κ1) is 34.0. The Morgan fingerprint density at radius 3 is 2.22 bits per heavy atom. The molecule has 0 saturated carbocycles. The fraction of sp³-hybridized carbons (Fsp3) is 0.355. The minimum atomic E-state index is -0.874. The van der Waals surface area contributed by atoms with Gasteiger partial charge in [-0.15, -0.1) is 12.4 Å². The number of thioether (sulfide) groups is 1. The number of carbonyl (C=O) groups excluding carboxylic acids is 2. The second kappa shape index (κ2) is 19.0. The van der Waals surface area contributed by atoms with Crippen LogP contribution < -0.4 is 20.7 Å². The second-order valence-corrected chi connectivity index (χ2v) is 10.4. The summed E-state index contributed by atoms with van der Waals surface area (Å²) >= 11 is 1.58. The summed E-state index contributed by atoms with van der Waals surface area (Å²) in [5, 5.41) is 20.1. The van der Waals surface area contributed by atoms with Gasteiger partial charge < -0.3 is 30.5 Å². The fourth-order valence-corrected chi connectivity index (χ4v) is 4.61. The number of carbonyl (C=O) groups is 2. The third-order valence-corrected chi connectivity index (χ3v) is 6.98. The topological polar surface area (TPSA) is 109 Å². The van der Waals surface area contributed by atoms with Gasteiger partial charge in [-0.3, -0.25) is 4.79 Å². The number of methoxy groups -OCH3 is 1. The van der Waals surface area contributed by atoms with Crippen LogP contribution in [-0.4, -0.2) is 61.0 Å². The molecule has 10 heteroatoms. The van der Waals surface area contributed by atoms with Crippen LogP contribution in [0.1, 0.15) is 23.1 Å². The van der Waals surface area contributed by atoms with Gasteiger partial charge in [0.25, 0.3) is 0 Å². The van der Waals surface area contributed by atoms with Crippen LogP contribution in [0.4, 0.5) is 4.79 Å². The Hall–Kier alpha value is -3.24. The van der Waals surface area contributed by atoms with E-state index >= 15 is 0 Å². The van der Waals surface area contributed by atoms with Crippen molar-refractivity contribution < 1.29 is 24.2 Å². The summed E-state index contributed by atoms with van der Waals surface area (Å²) in [4.78, 5) is 25.9. The van der Waals surface area contributed by atoms with Gasteiger partial charge in [0.15, 0.2) is 0 Å². The first-order chi connectivity index (χ1) is 19.5. The van der Waals surface area contributed by atoms with Gasteiger partial charge in [-0.1, -0.05) is 72.8 Å². The quantitative estimate of drug-likeness (QED) is 0.193. The highest BCUT2D eigenvalue weighted by Crippen LogP contribution is 2.13. The number of rotatable bonds is 16. The lowest BCUT2D eigenvalue weighted by molar-refractivity contribution is -0.124. The molecule has 222 valence electrons. The van der Waals surface area contributed by atoms with Gasteiger partial charge in [-0.2, -0.15) is 11.8 Å². The molecular formula is C31H40ClN3O5S. The zero-order chi connectivity index (χ0) is 28.6. The molecule has 0 heterocycles. The van der Waals surface area contributed by atoms with E-state index in [0.29, 0.717) is 25.1 Å². The van der Waals surface area contributed by atoms with Gasteiger partial charge in [-0.25, -0.2) is 4.79 Å². The largest absolute Gasteiger partial charge is 0.497 e. The minimum Gasteiger partial charge on any atom is -0.497 e. The predicted molar refractivity (Wildman–Crippen MR) is 167 cm³/mol. The summed E-state index contributed by atoms with van der Waals surface area (Å²) in [6.07, 6.45) is 1.27. The Balaban J connectivity index is 0.00000588. The van der Waals surface area contributed by atoms with Gasteiger partial charge in [-0.05, 0) is 53.7 Å². The number of hydrogen-bond donors (Lipinski definition) is 4. The maximum absolute atomic E-state index is 13.4. The van der Waals surface area contributed by atoms with Crippen LogP contribution in [0, 0.1) is 0 Å². The molecule has 0 aliphatic heterocycles. The first-order valence-electron chi connectivity index (χ1n) is 13.3. The summed E-state index contributed by atoms with van der Waals surface area (Å²) in [5.74, 6) is 1.07. The van der Waals surface area contributed by atoms with Crippen LogP contribution in [0.2, 0.25) is 0 Å². The number of benzene rings is 3. The van der Waals surface area contributed by atoms with Gasteiger partial charge in [0.2, 0.25) is 5.91 Å². The molecule has 2 amide bonds. The summed E-state index contributed by atoms with van der Waals surface area (Å²) in [5.41, 5.74) is 2.86. The van der Waals surface area contributed by atoms with Crippen molar-refractivity contribution in [3.63, 3.8) is 0 Å². The highest BCUT2D eigenvalue weighted by Gasteiger charge is 2.27. The molecular weight excluding hydrogens is 562 g/mol. The van der Waals surface area contributed by atoms with E-state index in [1.807, 2.05) is 91.2 Å². The molecule has 0 bridgehead atoms. The van der Waals surface area contributed by atoms with Gasteiger partial charge >= 0.3 is 6.09 Å². The number of aliphatic hydroxyl groups excluding tert-OH is 1. The Labute approximate surface area is 253 Å². The van der Waals surface area contributed by atoms with Gasteiger partial charge in [0, 0.05) is 13.1 Å². The maximum atomic E-state index is 13.4. The molecule has 0 aliphatic carbocycles. The van der Waals surface area contributed by atoms with Crippen molar-refractivity contribution in [2.45, 2.75) is 44.2 Å². The molecule has 0 fully saturated rings. The lowest BCUT2D eigenvalue weighted by atomic mass is 10.00. The van der Waals surface area contributed by atoms with Crippen LogP contribution in [0.5, 0.6) is 5.75 Å². The monoisotopic (exact) mass is 601 g/mol. The van der Waals surface area contributed by atoms with Crippen molar-refractivity contribution in [3.8, 4) is 5.75 Å². The predicted octanol–water partition coefficient (Wildman–Crippen LogP) is 4.34. The SMILES string of the molecule is COc1cccc(CNC[C@@H](O)[C@H](Cc2ccccc2)NC(=O)C(CCSC)NC(=O)OCc2ccccc2)c1.Cl. The maximum Gasteiger partial charge on any atom is 0.408 e. The number of alkyl carbamates (subject to hydrolysis) is 1. The third kappa shape index (κ3) is 12.4. The molecule has 3 aromatic rings. The molecule has 3 aromatic carbocycles. The van der Waals surface area contributed by atoms with Gasteiger partial charge in [0.1, 0.15) is 18.4 Å². The van der Waals surface area contributed by atoms with E-state index < -0.39 is 24.3 Å². The Kier molecular flexibility index (Phi) is 15.7. The number of amides is 2. The summed E-state index contributed by atoms with van der Waals surface area (Å²) < 4.78 is 10.6. The molecule has 8 nitrogen and oxygen atoms in total. The normalized spacial score (nSPS) is 12.8. The van der Waals surface area contributed by atoms with Crippen molar-refractivity contribution in [3.05, 3.63) is 102 Å². The third-order valence-electron chi connectivity index (χ3n) is 6.34. The van der Waals surface area contributed by atoms with Crippen LogP contribution in [0.25, 0.3) is 0 Å². The second-order valence-electron chi connectivity index (χ2n) is 9.39. The molecule has 3 rings (SSSR count). The number of aliphatic hydroxyl groups is 1. The molecule has 4 N–H and O–H groups in total. The van der Waals surface area contributed by atoms with E-state index in [1.54, 1.807) is 18.9 Å². The lowest BCUT2D eigenvalue weighted by Gasteiger charge is -2.27. The first-order valence-corrected chi connectivity index (χ1v) is 14.7. The molecule has 3 atom stereocenters. The van der Waals surface area contributed by atoms with Crippen molar-refractivity contribution in [1.82, 2.24) is 16.0 Å². The molecule has 0 saturated heterocycles. The van der Waals surface area contributed by atoms with Crippen molar-refractivity contribution in [2.75, 3.05) is 25.7 Å². The van der Waals surface area contributed by atoms with Crippen LogP contribution in [-0.2, 0) is 29.1 Å². The average Bonchev–Trinajstić information content (AvgIpc) is 2.99. The van der Waals surface area contributed by atoms with E-state index in [9.17, 15) is 14.7 Å². The fourth-order valence-electron chi connectivity index (χ4n) is 4.14. The van der Waals surface area contributed by atoms with Crippen LogP contribution in [0.15, 0.2) is 84.9 Å². The molecule has 0 aromatic heterocycles. The van der Waals surface area contributed by atoms with Gasteiger partial charge in [0.05, 0.1) is 19.3 Å². The minimum absolute atomic E-state index is 0. The van der Waals surface area contributed by atoms with Crippen molar-refractivity contribution >= 4 is 36.2 Å². The zero-order valence-electron chi connectivity index (χ0n) is 23.5. The Morgan fingerprint density at radius 2 is 1.56 bits per heavy atom. The summed E-state index contributed by atoms with van der Waals surface area (Å²) in [6.45, 7) is 0.903. The molecule has 41 heavy (non-hydrogen) atoms. The van der Waals surface area contributed by atoms with Crippen molar-refractivity contribution in [1.29, 1.82) is 0 Å². The van der Waals surface area contributed by atoms with E-state index in [-0.39, 0.29) is 31.5 Å². The van der Waals surface area contributed by atoms with E-state index in [4.69, 9.17) is 9.47 Å². The molecule has 1 unspecified atom stereocenters. The van der Waals surface area contributed by atoms with Crippen LogP contribution >= 0.6 is 24.2 Å². The molecule has 0 aliphatic rings. The van der Waals surface area contributed by atoms with E-state index in [0.717, 1.165) is 22.4 Å². The standard InChI is InChI=1S/C31H39N3O5S.ClH/c1-38-26-15-9-14-25(18-26)20-32-21-29(35)28(19-23-10-5-3-6-11-23)33-30(36)27(16-17-40-2)34-31(37)39-22-24-12-7-4-8-13-24;/h3-15,18,27-29,32,35H,16-17,19-22H2,1-2H3,(H,33,36)(H,34,37);1H/t27?,28-,29+;/m0./s1. The number of ether oxygens (including phenoxy) is 2. The molecule has 0 spiro atoms. The smallest absolute Gasteiger partial charge is 0.408 e. The van der Waals surface area contributed by atoms with E-state index in [1.165, 1.54) is 0 Å². The number of hydrogen-bond acceptors (Lipinski definition) is 7. The van der Waals surface area contributed by atoms with E-state index in [2.05, 4.69) is 16.0 Å². The zero-order valence-corrected chi connectivity index (χ0v) is 25.1. The molecule has 0 radical (unpaired) electrons. The Bertz CT molecular complexity index is 1170. The average molecular weight is 602 g/mol. The van der Waals surface area contributed by atoms with Crippen LogP contribution in [0.3, 0.4) is 0 Å². The van der Waals surface area contributed by atoms with Crippen molar-refractivity contribution in [2.24, 2.45) is 0 Å². The lowest BCUT2D eigenvalue weighted by Crippen LogP contribution is -2.55. The summed E-state index contributed by atoms with van der Waals surface area (Å²) in [6, 6.07) is 25.4. The highest BCUT2D eigenvalue weighted by atomic mass is 35.5. The summed E-state index contributed by atoms with van der Waals surface area (Å²) in [7, 11) is 1.62. The number of halogens is 1. The highest BCUT2D eigenvalue weighted by molar-refractivity contribution is 7.98.